The number of ether oxygens (including phenoxy) is 1. The second-order valence-electron chi connectivity index (χ2n) is 7.29. The second kappa shape index (κ2) is 10.1. The summed E-state index contributed by atoms with van der Waals surface area (Å²) in [6.45, 7) is 0.601. The Kier molecular flexibility index (Phi) is 7.23. The molecule has 1 fully saturated rings. The van der Waals surface area contributed by atoms with E-state index >= 15 is 0 Å². The molecule has 1 saturated heterocycles. The minimum absolute atomic E-state index is 0.0752. The molecule has 3 aromatic rings. The molecule has 8 heteroatoms. The highest BCUT2D eigenvalue weighted by molar-refractivity contribution is 9.10. The van der Waals surface area contributed by atoms with E-state index in [1.807, 2.05) is 18.2 Å². The van der Waals surface area contributed by atoms with Crippen molar-refractivity contribution in [1.29, 1.82) is 0 Å². The number of carbonyl (C=O) groups is 1. The molecular weight excluding hydrogens is 516 g/mol. The van der Waals surface area contributed by atoms with Crippen LogP contribution in [-0.4, -0.2) is 20.4 Å². The molecule has 1 aliphatic rings. The predicted octanol–water partition coefficient (Wildman–Crippen LogP) is 6.28. The third-order valence-corrected chi connectivity index (χ3v) is 7.07. The van der Waals surface area contributed by atoms with E-state index in [4.69, 9.17) is 17.0 Å². The maximum Gasteiger partial charge on any atom is 0.242 e. The lowest BCUT2D eigenvalue weighted by Crippen LogP contribution is -2.31. The van der Waals surface area contributed by atoms with Gasteiger partial charge in [0.2, 0.25) is 5.91 Å². The molecule has 0 spiro atoms. The first-order chi connectivity index (χ1) is 15.4. The molecule has 1 atom stereocenters. The second-order valence-corrected chi connectivity index (χ2v) is 10.0. The van der Waals surface area contributed by atoms with Crippen LogP contribution in [-0.2, 0) is 24.4 Å². The highest BCUT2D eigenvalue weighted by atomic mass is 79.9. The molecule has 164 valence electrons. The quantitative estimate of drug-likeness (QED) is 0.334. The Morgan fingerprint density at radius 3 is 2.25 bits per heavy atom. The number of nitrogens with zero attached hydrogens (tertiary/aromatic N) is 1. The molecule has 0 saturated carbocycles. The van der Waals surface area contributed by atoms with Gasteiger partial charge in [-0.3, -0.25) is 9.69 Å². The summed E-state index contributed by atoms with van der Waals surface area (Å²) in [6.07, 6.45) is 0.446. The summed E-state index contributed by atoms with van der Waals surface area (Å²) in [4.78, 5) is 14.6. The normalized spacial score (nSPS) is 16.0. The Morgan fingerprint density at radius 2 is 1.59 bits per heavy atom. The van der Waals surface area contributed by atoms with Gasteiger partial charge in [-0.05, 0) is 65.6 Å². The summed E-state index contributed by atoms with van der Waals surface area (Å²) in [5.41, 5.74) is 2.53. The van der Waals surface area contributed by atoms with Gasteiger partial charge >= 0.3 is 0 Å². The number of hydrogen-bond donors (Lipinski definition) is 0. The number of rotatable bonds is 7. The van der Waals surface area contributed by atoms with Crippen LogP contribution in [0.4, 0.5) is 8.78 Å². The monoisotopic (exact) mass is 533 g/mol. The van der Waals surface area contributed by atoms with Gasteiger partial charge in [-0.25, -0.2) is 8.78 Å². The van der Waals surface area contributed by atoms with E-state index in [0.717, 1.165) is 21.2 Å². The van der Waals surface area contributed by atoms with E-state index < -0.39 is 0 Å². The van der Waals surface area contributed by atoms with Crippen molar-refractivity contribution in [3.63, 3.8) is 0 Å². The molecule has 0 aromatic heterocycles. The average Bonchev–Trinajstić information content (AvgIpc) is 3.03. The maximum atomic E-state index is 13.2. The first kappa shape index (κ1) is 22.9. The summed E-state index contributed by atoms with van der Waals surface area (Å²) in [7, 11) is 0. The number of halogens is 3. The number of thiocarbonyl (C=S) groups is 1. The van der Waals surface area contributed by atoms with Crippen molar-refractivity contribution < 1.29 is 18.3 Å². The standard InChI is InChI=1S/C24H18BrF2NO2S2/c25-18-5-10-21(30-14-16-3-8-20(27)9-4-16)17(11-18)12-22-23(29)28(24(31)32-22)13-15-1-6-19(26)7-2-15/h1-11,22H,12-14H2/t22-/m1/s1. The molecule has 0 radical (unpaired) electrons. The summed E-state index contributed by atoms with van der Waals surface area (Å²) in [5.74, 6) is -0.0298. The third kappa shape index (κ3) is 5.54. The van der Waals surface area contributed by atoms with E-state index in [9.17, 15) is 13.6 Å². The lowest BCUT2D eigenvalue weighted by molar-refractivity contribution is -0.126. The van der Waals surface area contributed by atoms with Crippen LogP contribution in [0.5, 0.6) is 5.75 Å². The minimum Gasteiger partial charge on any atom is -0.489 e. The fraction of sp³-hybridized carbons (Fsp3) is 0.167. The van der Waals surface area contributed by atoms with Crippen LogP contribution < -0.4 is 4.74 Å². The Balaban J connectivity index is 1.46. The van der Waals surface area contributed by atoms with E-state index in [1.165, 1.54) is 36.0 Å². The van der Waals surface area contributed by atoms with Crippen molar-refractivity contribution in [2.45, 2.75) is 24.8 Å². The molecule has 0 N–H and O–H groups in total. The van der Waals surface area contributed by atoms with Crippen LogP contribution >= 0.6 is 39.9 Å². The smallest absolute Gasteiger partial charge is 0.242 e. The van der Waals surface area contributed by atoms with Gasteiger partial charge in [0.15, 0.2) is 0 Å². The summed E-state index contributed by atoms with van der Waals surface area (Å²) < 4.78 is 33.7. The van der Waals surface area contributed by atoms with Crippen LogP contribution in [0.25, 0.3) is 0 Å². The summed E-state index contributed by atoms with van der Waals surface area (Å²) in [5, 5.41) is -0.370. The van der Waals surface area contributed by atoms with Crippen molar-refractivity contribution >= 4 is 50.1 Å². The van der Waals surface area contributed by atoms with Gasteiger partial charge in [0, 0.05) is 4.47 Å². The Bertz CT molecular complexity index is 1140. The van der Waals surface area contributed by atoms with Gasteiger partial charge in [-0.2, -0.15) is 0 Å². The molecule has 4 rings (SSSR count). The number of thioether (sulfide) groups is 1. The SMILES string of the molecule is O=C1[C@@H](Cc2cc(Br)ccc2OCc2ccc(F)cc2)SC(=S)N1Cc1ccc(F)cc1. The van der Waals surface area contributed by atoms with E-state index in [2.05, 4.69) is 15.9 Å². The van der Waals surface area contributed by atoms with Crippen LogP contribution in [0.2, 0.25) is 0 Å². The highest BCUT2D eigenvalue weighted by Crippen LogP contribution is 2.34. The van der Waals surface area contributed by atoms with Crippen molar-refractivity contribution in [2.24, 2.45) is 0 Å². The molecular formula is C24H18BrF2NO2S2. The van der Waals surface area contributed by atoms with Crippen LogP contribution in [0.3, 0.4) is 0 Å². The molecule has 0 aliphatic carbocycles. The third-order valence-electron chi connectivity index (χ3n) is 4.99. The lowest BCUT2D eigenvalue weighted by atomic mass is 10.1. The molecule has 3 nitrogen and oxygen atoms in total. The van der Waals surface area contributed by atoms with Crippen LogP contribution in [0, 0.1) is 11.6 Å². The Morgan fingerprint density at radius 1 is 0.969 bits per heavy atom. The molecule has 0 bridgehead atoms. The highest BCUT2D eigenvalue weighted by Gasteiger charge is 2.37. The number of amides is 1. The molecule has 32 heavy (non-hydrogen) atoms. The molecule has 1 aliphatic heterocycles. The first-order valence-electron chi connectivity index (χ1n) is 9.81. The largest absolute Gasteiger partial charge is 0.489 e. The predicted molar refractivity (Wildman–Crippen MR) is 130 cm³/mol. The van der Waals surface area contributed by atoms with Gasteiger partial charge in [0.1, 0.15) is 28.3 Å². The van der Waals surface area contributed by atoms with Crippen molar-refractivity contribution in [3.05, 3.63) is 99.5 Å². The minimum atomic E-state index is -0.370. The van der Waals surface area contributed by atoms with Gasteiger partial charge in [0.25, 0.3) is 0 Å². The number of carbonyl (C=O) groups excluding carboxylic acids is 1. The lowest BCUT2D eigenvalue weighted by Gasteiger charge is -2.17. The van der Waals surface area contributed by atoms with Crippen molar-refractivity contribution in [1.82, 2.24) is 4.90 Å². The summed E-state index contributed by atoms with van der Waals surface area (Å²) in [6, 6.07) is 17.8. The topological polar surface area (TPSA) is 29.5 Å². The molecule has 1 amide bonds. The Labute approximate surface area is 202 Å². The zero-order valence-electron chi connectivity index (χ0n) is 16.8. The van der Waals surface area contributed by atoms with E-state index in [-0.39, 0.29) is 29.4 Å². The zero-order chi connectivity index (χ0) is 22.7. The zero-order valence-corrected chi connectivity index (χ0v) is 20.0. The average molecular weight is 534 g/mol. The molecule has 1 heterocycles. The van der Waals surface area contributed by atoms with Gasteiger partial charge in [-0.1, -0.05) is 64.2 Å². The van der Waals surface area contributed by atoms with E-state index in [0.29, 0.717) is 23.0 Å². The van der Waals surface area contributed by atoms with Gasteiger partial charge < -0.3 is 4.74 Å². The van der Waals surface area contributed by atoms with Crippen molar-refractivity contribution in [3.8, 4) is 5.75 Å². The van der Waals surface area contributed by atoms with Crippen LogP contribution in [0.15, 0.2) is 71.2 Å². The fourth-order valence-corrected chi connectivity index (χ4v) is 5.26. The number of hydrogen-bond acceptors (Lipinski definition) is 4. The van der Waals surface area contributed by atoms with Crippen LogP contribution in [0.1, 0.15) is 16.7 Å². The van der Waals surface area contributed by atoms with Gasteiger partial charge in [-0.15, -0.1) is 0 Å². The maximum absolute atomic E-state index is 13.2. The Hall–Kier alpha value is -2.29. The fourth-order valence-electron chi connectivity index (χ4n) is 3.33. The molecule has 0 unspecified atom stereocenters. The molecule has 3 aromatic carbocycles. The van der Waals surface area contributed by atoms with E-state index in [1.54, 1.807) is 29.2 Å². The van der Waals surface area contributed by atoms with Gasteiger partial charge in [0.05, 0.1) is 11.8 Å². The number of benzene rings is 3. The summed E-state index contributed by atoms with van der Waals surface area (Å²) >= 11 is 10.3. The first-order valence-corrected chi connectivity index (χ1v) is 11.9. The van der Waals surface area contributed by atoms with Crippen molar-refractivity contribution in [2.75, 3.05) is 0 Å².